The lowest BCUT2D eigenvalue weighted by molar-refractivity contribution is -0.139. The molecule has 0 radical (unpaired) electrons. The van der Waals surface area contributed by atoms with Crippen LogP contribution in [0.5, 0.6) is 23.3 Å². The Morgan fingerprint density at radius 1 is 0.904 bits per heavy atom. The summed E-state index contributed by atoms with van der Waals surface area (Å²) in [5.41, 5.74) is 1.91. The maximum absolute atomic E-state index is 14.1. The summed E-state index contributed by atoms with van der Waals surface area (Å²) in [7, 11) is 3.12. The minimum Gasteiger partial charge on any atom is -0.497 e. The summed E-state index contributed by atoms with van der Waals surface area (Å²) >= 11 is 1.24. The highest BCUT2D eigenvalue weighted by Crippen LogP contribution is 2.34. The Morgan fingerprint density at radius 3 is 2.15 bits per heavy atom. The first kappa shape index (κ1) is 35.1. The van der Waals surface area contributed by atoms with Crippen LogP contribution in [0.3, 0.4) is 0 Å². The van der Waals surface area contributed by atoms with Crippen LogP contribution in [0, 0.1) is 0 Å². The van der Waals surface area contributed by atoms with Gasteiger partial charge < -0.3 is 38.2 Å². The average Bonchev–Trinajstić information content (AvgIpc) is 3.48. The number of nitrogens with zero attached hydrogens (tertiary/aromatic N) is 7. The maximum Gasteiger partial charge on any atom is 0.338 e. The molecule has 2 fully saturated rings. The second-order valence-electron chi connectivity index (χ2n) is 12.0. The molecule has 0 spiro atoms. The van der Waals surface area contributed by atoms with E-state index in [2.05, 4.69) is 24.8 Å². The molecule has 7 rings (SSSR count). The largest absolute Gasteiger partial charge is 0.497 e. The zero-order chi connectivity index (χ0) is 36.2. The summed E-state index contributed by atoms with van der Waals surface area (Å²) in [6.45, 7) is 8.61. The van der Waals surface area contributed by atoms with Crippen molar-refractivity contribution in [2.24, 2.45) is 4.99 Å². The molecule has 3 aliphatic heterocycles. The Kier molecular flexibility index (Phi) is 10.5. The molecule has 0 unspecified atom stereocenters. The molecule has 2 aromatic carbocycles. The van der Waals surface area contributed by atoms with Gasteiger partial charge in [0.2, 0.25) is 11.9 Å². The molecule has 0 N–H and O–H groups in total. The summed E-state index contributed by atoms with van der Waals surface area (Å²) in [6, 6.07) is 12.0. The molecule has 4 aromatic rings. The first-order valence-electron chi connectivity index (χ1n) is 17.0. The summed E-state index contributed by atoms with van der Waals surface area (Å²) in [6.07, 6.45) is 1.76. The summed E-state index contributed by atoms with van der Waals surface area (Å²) in [5, 5.41) is 0. The molecule has 0 aliphatic carbocycles. The van der Waals surface area contributed by atoms with Gasteiger partial charge >= 0.3 is 12.0 Å². The van der Waals surface area contributed by atoms with Crippen LogP contribution in [0.25, 0.3) is 6.08 Å². The van der Waals surface area contributed by atoms with Crippen LogP contribution in [0.1, 0.15) is 31.0 Å². The van der Waals surface area contributed by atoms with Gasteiger partial charge in [-0.3, -0.25) is 9.36 Å². The number of morpholine rings is 2. The fraction of sp³-hybridized carbons (Fsp3) is 0.389. The van der Waals surface area contributed by atoms with E-state index in [0.29, 0.717) is 108 Å². The van der Waals surface area contributed by atoms with E-state index in [1.54, 1.807) is 63.0 Å². The van der Waals surface area contributed by atoms with Crippen molar-refractivity contribution in [3.63, 3.8) is 0 Å². The minimum atomic E-state index is -0.737. The number of fused-ring (bicyclic) bond motifs is 1. The summed E-state index contributed by atoms with van der Waals surface area (Å²) < 4.78 is 35.8. The monoisotopic (exact) mass is 729 g/mol. The summed E-state index contributed by atoms with van der Waals surface area (Å²) in [5.74, 6) is 1.96. The second-order valence-corrected chi connectivity index (χ2v) is 13.0. The zero-order valence-corrected chi connectivity index (χ0v) is 30.2. The lowest BCUT2D eigenvalue weighted by atomic mass is 9.96. The number of carbonyl (C=O) groups is 1. The Hall–Kier alpha value is -5.32. The normalized spacial score (nSPS) is 17.8. The predicted molar refractivity (Wildman–Crippen MR) is 192 cm³/mol. The van der Waals surface area contributed by atoms with Crippen LogP contribution >= 0.6 is 11.3 Å². The number of benzene rings is 2. The van der Waals surface area contributed by atoms with E-state index >= 15 is 0 Å². The van der Waals surface area contributed by atoms with Crippen LogP contribution in [0.2, 0.25) is 0 Å². The van der Waals surface area contributed by atoms with Gasteiger partial charge in [-0.25, -0.2) is 9.79 Å². The fourth-order valence-electron chi connectivity index (χ4n) is 6.19. The Balaban J connectivity index is 1.23. The van der Waals surface area contributed by atoms with Gasteiger partial charge in [-0.2, -0.15) is 15.0 Å². The van der Waals surface area contributed by atoms with Crippen LogP contribution in [-0.4, -0.2) is 98.9 Å². The number of thiazole rings is 1. The lowest BCUT2D eigenvalue weighted by Gasteiger charge is -2.30. The van der Waals surface area contributed by atoms with Gasteiger partial charge in [0.25, 0.3) is 5.56 Å². The van der Waals surface area contributed by atoms with Crippen molar-refractivity contribution in [2.45, 2.75) is 19.9 Å². The number of methoxy groups -OCH3 is 2. The van der Waals surface area contributed by atoms with Crippen molar-refractivity contribution in [2.75, 3.05) is 83.2 Å². The van der Waals surface area contributed by atoms with Gasteiger partial charge in [0.1, 0.15) is 5.75 Å². The molecular formula is C36H39N7O8S. The van der Waals surface area contributed by atoms with E-state index in [1.165, 1.54) is 11.3 Å². The molecule has 0 saturated carbocycles. The lowest BCUT2D eigenvalue weighted by Crippen LogP contribution is -2.40. The maximum atomic E-state index is 14.1. The average molecular weight is 730 g/mol. The van der Waals surface area contributed by atoms with Gasteiger partial charge in [0.05, 0.1) is 69.1 Å². The van der Waals surface area contributed by atoms with E-state index in [9.17, 15) is 9.59 Å². The minimum absolute atomic E-state index is 0.128. The molecule has 15 nitrogen and oxygen atoms in total. The first-order valence-corrected chi connectivity index (χ1v) is 17.8. The number of carbonyl (C=O) groups excluding carboxylic acids is 1. The molecule has 52 heavy (non-hydrogen) atoms. The molecule has 272 valence electrons. The van der Waals surface area contributed by atoms with E-state index in [1.807, 2.05) is 18.2 Å². The Morgan fingerprint density at radius 2 is 1.56 bits per heavy atom. The molecule has 0 amide bonds. The molecule has 2 saturated heterocycles. The second kappa shape index (κ2) is 15.5. The predicted octanol–water partition coefficient (Wildman–Crippen LogP) is 2.47. The topological polar surface area (TPSA) is 152 Å². The number of aromatic nitrogens is 4. The van der Waals surface area contributed by atoms with Crippen molar-refractivity contribution in [3.8, 4) is 23.3 Å². The van der Waals surface area contributed by atoms with Gasteiger partial charge in [-0.05, 0) is 55.3 Å². The Bertz CT molecular complexity index is 2120. The number of hydrogen-bond donors (Lipinski definition) is 0. The number of esters is 1. The Labute approximate surface area is 303 Å². The number of allylic oxidation sites excluding steroid dienone is 1. The van der Waals surface area contributed by atoms with E-state index in [-0.39, 0.29) is 18.2 Å². The standard InChI is InChI=1S/C36H39N7O8S/c1-5-50-32(45)29-22(2)37-36-43(30(29)24-7-9-25(46-3)10-8-24)31(44)28(52-36)21-23-6-11-26(27(20-23)47-4)51-35-39-33(41-12-16-48-17-13-41)38-34(40-35)42-14-18-49-19-15-42/h6-11,20-21,30H,5,12-19H2,1-4H3/b28-21-/t30-/m1/s1. The molecule has 1 atom stereocenters. The van der Waals surface area contributed by atoms with Crippen LogP contribution < -0.4 is 38.9 Å². The molecule has 2 aromatic heterocycles. The zero-order valence-electron chi connectivity index (χ0n) is 29.4. The third-order valence-electron chi connectivity index (χ3n) is 8.81. The van der Waals surface area contributed by atoms with Crippen molar-refractivity contribution in [1.29, 1.82) is 0 Å². The molecule has 0 bridgehead atoms. The third kappa shape index (κ3) is 7.22. The number of anilines is 2. The van der Waals surface area contributed by atoms with Crippen molar-refractivity contribution < 1.29 is 33.2 Å². The smallest absolute Gasteiger partial charge is 0.338 e. The number of hydrogen-bond acceptors (Lipinski definition) is 15. The molecule has 3 aliphatic rings. The van der Waals surface area contributed by atoms with Crippen molar-refractivity contribution >= 4 is 35.3 Å². The number of rotatable bonds is 10. The molecular weight excluding hydrogens is 691 g/mol. The third-order valence-corrected chi connectivity index (χ3v) is 9.80. The number of ether oxygens (including phenoxy) is 6. The highest BCUT2D eigenvalue weighted by atomic mass is 32.1. The molecule has 16 heteroatoms. The van der Waals surface area contributed by atoms with E-state index < -0.39 is 12.0 Å². The van der Waals surface area contributed by atoms with Gasteiger partial charge in [0, 0.05) is 26.2 Å². The van der Waals surface area contributed by atoms with Crippen molar-refractivity contribution in [1.82, 2.24) is 19.5 Å². The van der Waals surface area contributed by atoms with Gasteiger partial charge in [-0.1, -0.05) is 29.5 Å². The van der Waals surface area contributed by atoms with Crippen LogP contribution in [0.15, 0.2) is 63.5 Å². The summed E-state index contributed by atoms with van der Waals surface area (Å²) in [4.78, 5) is 50.6. The first-order chi connectivity index (χ1) is 25.4. The van der Waals surface area contributed by atoms with Gasteiger partial charge in [0.15, 0.2) is 16.3 Å². The highest BCUT2D eigenvalue weighted by Gasteiger charge is 2.33. The fourth-order valence-corrected chi connectivity index (χ4v) is 7.24. The van der Waals surface area contributed by atoms with Crippen LogP contribution in [0.4, 0.5) is 11.9 Å². The van der Waals surface area contributed by atoms with E-state index in [0.717, 1.165) is 5.56 Å². The SMILES string of the molecule is CCOC(=O)C1=C(C)N=c2s/c(=C\c3ccc(Oc4nc(N5CCOCC5)nc(N5CCOCC5)n4)c(OC)c3)c(=O)n2[C@@H]1c1ccc(OC)cc1. The molecule has 5 heterocycles. The highest BCUT2D eigenvalue weighted by molar-refractivity contribution is 7.07. The van der Waals surface area contributed by atoms with Gasteiger partial charge in [-0.15, -0.1) is 0 Å². The van der Waals surface area contributed by atoms with Crippen LogP contribution in [-0.2, 0) is 19.0 Å². The van der Waals surface area contributed by atoms with Crippen molar-refractivity contribution in [3.05, 3.63) is 84.5 Å². The van der Waals surface area contributed by atoms with E-state index in [4.69, 9.17) is 33.4 Å². The quantitative estimate of drug-likeness (QED) is 0.220.